The molecular formula is C12H13BrN4O. The lowest BCUT2D eigenvalue weighted by atomic mass is 10.3. The highest BCUT2D eigenvalue weighted by atomic mass is 79.9. The summed E-state index contributed by atoms with van der Waals surface area (Å²) in [4.78, 5) is 17.9. The molecule has 0 N–H and O–H groups in total. The minimum absolute atomic E-state index is 0.111. The van der Waals surface area contributed by atoms with E-state index in [-0.39, 0.29) is 5.91 Å². The summed E-state index contributed by atoms with van der Waals surface area (Å²) in [6, 6.07) is 5.28. The van der Waals surface area contributed by atoms with Crippen molar-refractivity contribution >= 4 is 21.8 Å². The lowest BCUT2D eigenvalue weighted by Crippen LogP contribution is -2.26. The molecule has 0 aromatic carbocycles. The fraction of sp³-hybridized carbons (Fsp3) is 0.250. The van der Waals surface area contributed by atoms with Crippen molar-refractivity contribution in [2.24, 2.45) is 7.05 Å². The smallest absolute Gasteiger partial charge is 0.272 e. The second kappa shape index (κ2) is 5.30. The monoisotopic (exact) mass is 308 g/mol. The molecule has 0 aliphatic rings. The first kappa shape index (κ1) is 12.8. The summed E-state index contributed by atoms with van der Waals surface area (Å²) in [6.45, 7) is 0.515. The number of carbonyl (C=O) groups excluding carboxylic acids is 1. The van der Waals surface area contributed by atoms with Gasteiger partial charge < -0.3 is 4.90 Å². The quantitative estimate of drug-likeness (QED) is 0.813. The highest BCUT2D eigenvalue weighted by Gasteiger charge is 2.14. The number of hydrogen-bond donors (Lipinski definition) is 0. The van der Waals surface area contributed by atoms with Crippen molar-refractivity contribution in [2.75, 3.05) is 7.05 Å². The zero-order valence-corrected chi connectivity index (χ0v) is 11.8. The second-order valence-corrected chi connectivity index (χ2v) is 4.84. The fourth-order valence-electron chi connectivity index (χ4n) is 1.62. The average molecular weight is 309 g/mol. The standard InChI is InChI=1S/C12H13BrN4O/c1-16(7-9-6-14-17(2)8-9)12(18)10-4-3-5-11(13)15-10/h3-6,8H,7H2,1-2H3. The number of hydrogen-bond acceptors (Lipinski definition) is 3. The van der Waals surface area contributed by atoms with E-state index in [1.165, 1.54) is 0 Å². The molecule has 0 fully saturated rings. The van der Waals surface area contributed by atoms with Gasteiger partial charge in [0.2, 0.25) is 0 Å². The molecule has 0 bridgehead atoms. The predicted octanol–water partition coefficient (Wildman–Crippen LogP) is 1.85. The Labute approximate surface area is 114 Å². The third kappa shape index (κ3) is 2.95. The van der Waals surface area contributed by atoms with Crippen LogP contribution in [0.25, 0.3) is 0 Å². The Kier molecular flexibility index (Phi) is 3.76. The summed E-state index contributed by atoms with van der Waals surface area (Å²) >= 11 is 3.25. The number of aryl methyl sites for hydroxylation is 1. The molecule has 1 amide bonds. The van der Waals surface area contributed by atoms with Gasteiger partial charge in [-0.15, -0.1) is 0 Å². The Hall–Kier alpha value is -1.69. The topological polar surface area (TPSA) is 51.0 Å². The van der Waals surface area contributed by atoms with Crippen molar-refractivity contribution in [3.8, 4) is 0 Å². The van der Waals surface area contributed by atoms with Crippen LogP contribution in [0, 0.1) is 0 Å². The third-order valence-corrected chi connectivity index (χ3v) is 2.90. The molecule has 0 radical (unpaired) electrons. The molecule has 94 valence electrons. The molecule has 0 unspecified atom stereocenters. The Bertz CT molecular complexity index is 567. The predicted molar refractivity (Wildman–Crippen MR) is 70.9 cm³/mol. The van der Waals surface area contributed by atoms with Crippen molar-refractivity contribution in [2.45, 2.75) is 6.54 Å². The molecule has 0 aliphatic carbocycles. The molecular weight excluding hydrogens is 296 g/mol. The van der Waals surface area contributed by atoms with Gasteiger partial charge in [0.25, 0.3) is 5.91 Å². The van der Waals surface area contributed by atoms with Crippen molar-refractivity contribution in [3.05, 3.63) is 46.5 Å². The molecule has 5 nitrogen and oxygen atoms in total. The Morgan fingerprint density at radius 3 is 2.89 bits per heavy atom. The first-order chi connectivity index (χ1) is 8.56. The lowest BCUT2D eigenvalue weighted by molar-refractivity contribution is 0.0779. The van der Waals surface area contributed by atoms with Gasteiger partial charge >= 0.3 is 0 Å². The van der Waals surface area contributed by atoms with E-state index in [0.29, 0.717) is 16.8 Å². The largest absolute Gasteiger partial charge is 0.336 e. The van der Waals surface area contributed by atoms with E-state index in [1.807, 2.05) is 13.2 Å². The van der Waals surface area contributed by atoms with E-state index >= 15 is 0 Å². The van der Waals surface area contributed by atoms with Crippen LogP contribution in [0.1, 0.15) is 16.1 Å². The number of aromatic nitrogens is 3. The van der Waals surface area contributed by atoms with Gasteiger partial charge in [0, 0.05) is 32.4 Å². The first-order valence-electron chi connectivity index (χ1n) is 5.42. The number of nitrogens with zero attached hydrogens (tertiary/aromatic N) is 4. The van der Waals surface area contributed by atoms with Crippen LogP contribution < -0.4 is 0 Å². The van der Waals surface area contributed by atoms with Gasteiger partial charge in [-0.3, -0.25) is 9.48 Å². The molecule has 0 saturated carbocycles. The Morgan fingerprint density at radius 2 is 2.28 bits per heavy atom. The maximum absolute atomic E-state index is 12.1. The molecule has 2 aromatic rings. The van der Waals surface area contributed by atoms with Crippen LogP contribution in [-0.2, 0) is 13.6 Å². The van der Waals surface area contributed by atoms with E-state index in [4.69, 9.17) is 0 Å². The maximum atomic E-state index is 12.1. The molecule has 0 spiro atoms. The zero-order chi connectivity index (χ0) is 13.1. The van der Waals surface area contributed by atoms with Gasteiger partial charge in [0.15, 0.2) is 0 Å². The van der Waals surface area contributed by atoms with Crippen LogP contribution >= 0.6 is 15.9 Å². The summed E-state index contributed by atoms with van der Waals surface area (Å²) in [5.74, 6) is -0.111. The van der Waals surface area contributed by atoms with E-state index < -0.39 is 0 Å². The van der Waals surface area contributed by atoms with Crippen LogP contribution in [-0.4, -0.2) is 32.6 Å². The van der Waals surface area contributed by atoms with E-state index in [2.05, 4.69) is 26.0 Å². The summed E-state index contributed by atoms with van der Waals surface area (Å²) in [5.41, 5.74) is 1.42. The lowest BCUT2D eigenvalue weighted by Gasteiger charge is -2.15. The normalized spacial score (nSPS) is 10.4. The van der Waals surface area contributed by atoms with Crippen molar-refractivity contribution in [1.29, 1.82) is 0 Å². The highest BCUT2D eigenvalue weighted by Crippen LogP contribution is 2.10. The molecule has 0 aliphatic heterocycles. The molecule has 2 rings (SSSR count). The van der Waals surface area contributed by atoms with Crippen molar-refractivity contribution in [3.63, 3.8) is 0 Å². The van der Waals surface area contributed by atoms with E-state index in [1.54, 1.807) is 41.0 Å². The van der Waals surface area contributed by atoms with Gasteiger partial charge in [0.1, 0.15) is 10.3 Å². The van der Waals surface area contributed by atoms with Crippen LogP contribution in [0.15, 0.2) is 35.2 Å². The highest BCUT2D eigenvalue weighted by molar-refractivity contribution is 9.10. The van der Waals surface area contributed by atoms with Crippen LogP contribution in [0.4, 0.5) is 0 Å². The molecule has 6 heteroatoms. The zero-order valence-electron chi connectivity index (χ0n) is 10.2. The Balaban J connectivity index is 2.09. The third-order valence-electron chi connectivity index (χ3n) is 2.46. The van der Waals surface area contributed by atoms with Gasteiger partial charge in [-0.1, -0.05) is 6.07 Å². The summed E-state index contributed by atoms with van der Waals surface area (Å²) < 4.78 is 2.37. The number of halogens is 1. The molecule has 0 atom stereocenters. The van der Waals surface area contributed by atoms with Gasteiger partial charge in [-0.2, -0.15) is 5.10 Å². The van der Waals surface area contributed by atoms with E-state index in [0.717, 1.165) is 5.56 Å². The summed E-state index contributed by atoms with van der Waals surface area (Å²) in [6.07, 6.45) is 3.64. The molecule has 18 heavy (non-hydrogen) atoms. The maximum Gasteiger partial charge on any atom is 0.272 e. The van der Waals surface area contributed by atoms with Crippen LogP contribution in [0.2, 0.25) is 0 Å². The summed E-state index contributed by atoms with van der Waals surface area (Å²) in [5, 5.41) is 4.07. The van der Waals surface area contributed by atoms with Gasteiger partial charge in [-0.05, 0) is 28.1 Å². The second-order valence-electron chi connectivity index (χ2n) is 4.03. The van der Waals surface area contributed by atoms with E-state index in [9.17, 15) is 4.79 Å². The number of pyridine rings is 1. The van der Waals surface area contributed by atoms with Crippen molar-refractivity contribution in [1.82, 2.24) is 19.7 Å². The summed E-state index contributed by atoms with van der Waals surface area (Å²) in [7, 11) is 3.60. The van der Waals surface area contributed by atoms with Crippen molar-refractivity contribution < 1.29 is 4.79 Å². The molecule has 0 saturated heterocycles. The minimum Gasteiger partial charge on any atom is -0.336 e. The number of amides is 1. The average Bonchev–Trinajstić information content (AvgIpc) is 2.73. The molecule has 2 aromatic heterocycles. The number of rotatable bonds is 3. The van der Waals surface area contributed by atoms with Gasteiger partial charge in [0.05, 0.1) is 6.20 Å². The number of carbonyl (C=O) groups is 1. The first-order valence-corrected chi connectivity index (χ1v) is 6.21. The fourth-order valence-corrected chi connectivity index (χ4v) is 1.97. The van der Waals surface area contributed by atoms with Gasteiger partial charge in [-0.25, -0.2) is 4.98 Å². The Morgan fingerprint density at radius 1 is 1.50 bits per heavy atom. The van der Waals surface area contributed by atoms with Crippen LogP contribution in [0.5, 0.6) is 0 Å². The van der Waals surface area contributed by atoms with Crippen LogP contribution in [0.3, 0.4) is 0 Å². The molecule has 2 heterocycles. The SMILES string of the molecule is CN(Cc1cnn(C)c1)C(=O)c1cccc(Br)n1. The minimum atomic E-state index is -0.111.